The van der Waals surface area contributed by atoms with Crippen LogP contribution in [0.25, 0.3) is 0 Å². The number of ether oxygens (including phenoxy) is 3. The molecule has 1 rings (SSSR count). The molecule has 0 saturated carbocycles. The Morgan fingerprint density at radius 2 is 1.95 bits per heavy atom. The first-order valence-corrected chi connectivity index (χ1v) is 8.41. The summed E-state index contributed by atoms with van der Waals surface area (Å²) in [5.41, 5.74) is 0. The maximum absolute atomic E-state index is 11.2. The van der Waals surface area contributed by atoms with Gasteiger partial charge in [0.1, 0.15) is 18.5 Å². The van der Waals surface area contributed by atoms with E-state index >= 15 is 0 Å². The molecule has 0 heterocycles. The molecule has 6 nitrogen and oxygen atoms in total. The molecule has 0 aromatic heterocycles. The molecular formula is C15H22O6S. The molecule has 0 N–H and O–H groups in total. The third-order valence-electron chi connectivity index (χ3n) is 2.66. The van der Waals surface area contributed by atoms with E-state index in [1.54, 1.807) is 6.08 Å². The smallest absolute Gasteiger partial charge is 0.269 e. The van der Waals surface area contributed by atoms with E-state index in [-0.39, 0.29) is 31.7 Å². The molecule has 22 heavy (non-hydrogen) atoms. The Morgan fingerprint density at radius 1 is 1.23 bits per heavy atom. The summed E-state index contributed by atoms with van der Waals surface area (Å²) >= 11 is 0. The summed E-state index contributed by atoms with van der Waals surface area (Å²) in [7, 11) is -2.41. The highest BCUT2D eigenvalue weighted by molar-refractivity contribution is 7.86. The molecule has 1 unspecified atom stereocenters. The summed E-state index contributed by atoms with van der Waals surface area (Å²) in [6.45, 7) is 4.51. The average molecular weight is 330 g/mol. The SMILES string of the molecule is C=CCOCC(COc1ccccc1)OCCS(=O)(=O)OC. The van der Waals surface area contributed by atoms with Crippen molar-refractivity contribution in [3.63, 3.8) is 0 Å². The van der Waals surface area contributed by atoms with Crippen LogP contribution in [0.1, 0.15) is 0 Å². The van der Waals surface area contributed by atoms with Crippen molar-refractivity contribution in [3.8, 4) is 5.75 Å². The van der Waals surface area contributed by atoms with Crippen molar-refractivity contribution in [1.82, 2.24) is 0 Å². The zero-order chi connectivity index (χ0) is 16.3. The molecule has 0 aliphatic rings. The Hall–Kier alpha value is -1.41. The van der Waals surface area contributed by atoms with Gasteiger partial charge in [0, 0.05) is 0 Å². The van der Waals surface area contributed by atoms with E-state index in [1.165, 1.54) is 0 Å². The zero-order valence-electron chi connectivity index (χ0n) is 12.6. The maximum Gasteiger partial charge on any atom is 0.269 e. The van der Waals surface area contributed by atoms with E-state index in [0.717, 1.165) is 7.11 Å². The summed E-state index contributed by atoms with van der Waals surface area (Å²) < 4.78 is 43.3. The minimum Gasteiger partial charge on any atom is -0.491 e. The second kappa shape index (κ2) is 10.3. The van der Waals surface area contributed by atoms with Crippen molar-refractivity contribution >= 4 is 10.1 Å². The quantitative estimate of drug-likeness (QED) is 0.329. The van der Waals surface area contributed by atoms with Crippen LogP contribution in [0.3, 0.4) is 0 Å². The lowest BCUT2D eigenvalue weighted by Crippen LogP contribution is -2.29. The lowest BCUT2D eigenvalue weighted by atomic mass is 10.3. The Bertz CT molecular complexity index is 514. The molecule has 7 heteroatoms. The van der Waals surface area contributed by atoms with Crippen LogP contribution in [0.2, 0.25) is 0 Å². The molecule has 0 amide bonds. The van der Waals surface area contributed by atoms with Crippen molar-refractivity contribution in [2.45, 2.75) is 6.10 Å². The van der Waals surface area contributed by atoms with Gasteiger partial charge in [-0.1, -0.05) is 24.3 Å². The van der Waals surface area contributed by atoms with Gasteiger partial charge in [-0.25, -0.2) is 0 Å². The van der Waals surface area contributed by atoms with Gasteiger partial charge in [0.15, 0.2) is 0 Å². The second-order valence-electron chi connectivity index (χ2n) is 4.37. The molecule has 124 valence electrons. The predicted molar refractivity (Wildman–Crippen MR) is 83.5 cm³/mol. The third kappa shape index (κ3) is 8.14. The van der Waals surface area contributed by atoms with Gasteiger partial charge in [-0.15, -0.1) is 6.58 Å². The van der Waals surface area contributed by atoms with Crippen LogP contribution >= 0.6 is 0 Å². The number of benzene rings is 1. The molecule has 1 aromatic rings. The van der Waals surface area contributed by atoms with Gasteiger partial charge in [-0.2, -0.15) is 8.42 Å². The summed E-state index contributed by atoms with van der Waals surface area (Å²) in [6, 6.07) is 9.28. The average Bonchev–Trinajstić information content (AvgIpc) is 2.53. The minimum absolute atomic E-state index is 0.0104. The molecule has 0 fully saturated rings. The van der Waals surface area contributed by atoms with Gasteiger partial charge >= 0.3 is 0 Å². The fourth-order valence-corrected chi connectivity index (χ4v) is 2.00. The first-order valence-electron chi connectivity index (χ1n) is 6.84. The van der Waals surface area contributed by atoms with Gasteiger partial charge in [0.05, 0.1) is 32.7 Å². The highest BCUT2D eigenvalue weighted by atomic mass is 32.2. The van der Waals surface area contributed by atoms with E-state index < -0.39 is 10.1 Å². The van der Waals surface area contributed by atoms with Crippen molar-refractivity contribution in [3.05, 3.63) is 43.0 Å². The third-order valence-corrected chi connectivity index (χ3v) is 3.83. The van der Waals surface area contributed by atoms with Gasteiger partial charge < -0.3 is 14.2 Å². The Kier molecular flexibility index (Phi) is 8.76. The molecule has 0 aliphatic heterocycles. The summed E-state index contributed by atoms with van der Waals surface area (Å²) in [4.78, 5) is 0. The van der Waals surface area contributed by atoms with Crippen LogP contribution < -0.4 is 4.74 Å². The van der Waals surface area contributed by atoms with E-state index in [1.807, 2.05) is 30.3 Å². The van der Waals surface area contributed by atoms with Crippen molar-refractivity contribution in [1.29, 1.82) is 0 Å². The van der Waals surface area contributed by atoms with E-state index in [2.05, 4.69) is 10.8 Å². The summed E-state index contributed by atoms with van der Waals surface area (Å²) in [5.74, 6) is 0.497. The first kappa shape index (κ1) is 18.6. The summed E-state index contributed by atoms with van der Waals surface area (Å²) in [6.07, 6.45) is 1.25. The molecule has 1 atom stereocenters. The molecule has 0 spiro atoms. The highest BCUT2D eigenvalue weighted by Crippen LogP contribution is 2.09. The van der Waals surface area contributed by atoms with Crippen LogP contribution in [0, 0.1) is 0 Å². The molecule has 1 aromatic carbocycles. The van der Waals surface area contributed by atoms with Gasteiger partial charge in [-0.3, -0.25) is 4.18 Å². The number of hydrogen-bond acceptors (Lipinski definition) is 6. The Labute approximate surface area is 131 Å². The molecule has 0 saturated heterocycles. The fourth-order valence-electron chi connectivity index (χ4n) is 1.53. The van der Waals surface area contributed by atoms with E-state index in [0.29, 0.717) is 12.4 Å². The summed E-state index contributed by atoms with van der Waals surface area (Å²) in [5, 5.41) is 0. The van der Waals surface area contributed by atoms with Crippen LogP contribution in [-0.2, 0) is 23.8 Å². The molecule has 0 bridgehead atoms. The second-order valence-corrected chi connectivity index (χ2v) is 6.23. The number of hydrogen-bond donors (Lipinski definition) is 0. The molecule has 0 radical (unpaired) electrons. The number of rotatable bonds is 12. The van der Waals surface area contributed by atoms with Crippen LogP contribution in [0.5, 0.6) is 5.75 Å². The van der Waals surface area contributed by atoms with Crippen LogP contribution in [0.15, 0.2) is 43.0 Å². The van der Waals surface area contributed by atoms with Crippen molar-refractivity contribution < 1.29 is 26.8 Å². The molecule has 0 aliphatic carbocycles. The lowest BCUT2D eigenvalue weighted by Gasteiger charge is -2.18. The molecular weight excluding hydrogens is 308 g/mol. The Morgan fingerprint density at radius 3 is 2.59 bits per heavy atom. The van der Waals surface area contributed by atoms with Crippen molar-refractivity contribution in [2.24, 2.45) is 0 Å². The fraction of sp³-hybridized carbons (Fsp3) is 0.467. The van der Waals surface area contributed by atoms with Crippen LogP contribution in [0.4, 0.5) is 0 Å². The standard InChI is InChI=1S/C15H22O6S/c1-3-9-19-12-15(20-10-11-22(16,17)18-2)13-21-14-7-5-4-6-8-14/h3-8,15H,1,9-13H2,2H3. The zero-order valence-corrected chi connectivity index (χ0v) is 13.5. The van der Waals surface area contributed by atoms with E-state index in [9.17, 15) is 8.42 Å². The Balaban J connectivity index is 2.43. The maximum atomic E-state index is 11.2. The van der Waals surface area contributed by atoms with Crippen LogP contribution in [-0.4, -0.2) is 53.8 Å². The van der Waals surface area contributed by atoms with Crippen molar-refractivity contribution in [2.75, 3.05) is 39.3 Å². The first-order chi connectivity index (χ1) is 10.6. The van der Waals surface area contributed by atoms with E-state index in [4.69, 9.17) is 14.2 Å². The predicted octanol–water partition coefficient (Wildman–Crippen LogP) is 1.63. The normalized spacial score (nSPS) is 12.8. The van der Waals surface area contributed by atoms with Gasteiger partial charge in [0.2, 0.25) is 0 Å². The minimum atomic E-state index is -3.53. The highest BCUT2D eigenvalue weighted by Gasteiger charge is 2.14. The lowest BCUT2D eigenvalue weighted by molar-refractivity contribution is -0.0267. The van der Waals surface area contributed by atoms with Gasteiger partial charge in [-0.05, 0) is 12.1 Å². The monoisotopic (exact) mass is 330 g/mol. The largest absolute Gasteiger partial charge is 0.491 e. The number of para-hydroxylation sites is 1. The van der Waals surface area contributed by atoms with Gasteiger partial charge in [0.25, 0.3) is 10.1 Å². The topological polar surface area (TPSA) is 71.1 Å².